The number of likely N-dealkylation sites (N-methyl/N-ethyl adjacent to an activating group) is 1. The molecule has 2 aromatic rings. The molecule has 2 aliphatic heterocycles. The number of hydrogen-bond donors (Lipinski definition) is 1. The van der Waals surface area contributed by atoms with Crippen LogP contribution in [0.1, 0.15) is 37.3 Å². The van der Waals surface area contributed by atoms with Crippen molar-refractivity contribution in [3.63, 3.8) is 0 Å². The molecule has 7 nitrogen and oxygen atoms in total. The summed E-state index contributed by atoms with van der Waals surface area (Å²) < 4.78 is 16.1. The summed E-state index contributed by atoms with van der Waals surface area (Å²) in [4.78, 5) is 13.3. The van der Waals surface area contributed by atoms with Crippen LogP contribution in [-0.2, 0) is 0 Å². The molecule has 3 atom stereocenters. The maximum atomic E-state index is 14.2. The van der Waals surface area contributed by atoms with Crippen molar-refractivity contribution in [2.45, 2.75) is 45.1 Å². The third kappa shape index (κ3) is 2.77. The van der Waals surface area contributed by atoms with E-state index in [1.807, 2.05) is 29.6 Å². The molecule has 0 amide bonds. The van der Waals surface area contributed by atoms with Gasteiger partial charge < -0.3 is 14.9 Å². The van der Waals surface area contributed by atoms with E-state index in [0.717, 1.165) is 24.2 Å². The topological polar surface area (TPSA) is 70.3 Å². The van der Waals surface area contributed by atoms with Crippen LogP contribution in [0.4, 0.5) is 10.3 Å². The molecular weight excluding hydrogens is 335 g/mol. The van der Waals surface area contributed by atoms with Crippen LogP contribution in [0.15, 0.2) is 12.4 Å². The molecule has 140 valence electrons. The molecule has 2 aromatic heterocycles. The highest BCUT2D eigenvalue weighted by Crippen LogP contribution is 2.33. The highest BCUT2D eigenvalue weighted by Gasteiger charge is 2.36. The summed E-state index contributed by atoms with van der Waals surface area (Å²) in [5.41, 5.74) is 2.72. The van der Waals surface area contributed by atoms with Gasteiger partial charge in [-0.3, -0.25) is 4.68 Å². The van der Waals surface area contributed by atoms with Crippen LogP contribution < -0.4 is 4.90 Å². The average molecular weight is 360 g/mol. The fourth-order valence-corrected chi connectivity index (χ4v) is 3.67. The van der Waals surface area contributed by atoms with Crippen molar-refractivity contribution in [2.24, 2.45) is 0 Å². The van der Waals surface area contributed by atoms with Gasteiger partial charge in [-0.05, 0) is 27.8 Å². The molecule has 1 unspecified atom stereocenters. The molecule has 2 fully saturated rings. The number of aliphatic hydroxyl groups excluding tert-OH is 1. The molecule has 0 saturated carbocycles. The Hall–Kier alpha value is -2.06. The van der Waals surface area contributed by atoms with E-state index in [1.165, 1.54) is 6.92 Å². The largest absolute Gasteiger partial charge is 0.389 e. The lowest BCUT2D eigenvalue weighted by atomic mass is 10.0. The second-order valence-electron chi connectivity index (χ2n) is 7.54. The lowest BCUT2D eigenvalue weighted by molar-refractivity contribution is 0.0978. The average Bonchev–Trinajstić information content (AvgIpc) is 3.06. The Labute approximate surface area is 152 Å². The number of β-amino-alcohol motifs (C(OH)–C–C–N with tert-alkyl or cyclic N) is 1. The first-order valence-electron chi connectivity index (χ1n) is 9.05. The summed E-state index contributed by atoms with van der Waals surface area (Å²) >= 11 is 0. The van der Waals surface area contributed by atoms with Crippen molar-refractivity contribution in [3.05, 3.63) is 23.7 Å². The van der Waals surface area contributed by atoms with Crippen LogP contribution in [0.3, 0.4) is 0 Å². The number of aromatic nitrogens is 4. The minimum absolute atomic E-state index is 0.0680. The summed E-state index contributed by atoms with van der Waals surface area (Å²) in [6.45, 7) is 7.69. The summed E-state index contributed by atoms with van der Waals surface area (Å²) in [5, 5.41) is 14.3. The molecule has 0 bridgehead atoms. The van der Waals surface area contributed by atoms with Gasteiger partial charge in [-0.2, -0.15) is 5.10 Å². The Bertz CT molecular complexity index is 816. The Morgan fingerprint density at radius 2 is 2.00 bits per heavy atom. The number of alkyl halides is 1. The van der Waals surface area contributed by atoms with Gasteiger partial charge >= 0.3 is 0 Å². The Morgan fingerprint density at radius 1 is 1.27 bits per heavy atom. The van der Waals surface area contributed by atoms with E-state index in [4.69, 9.17) is 4.98 Å². The molecule has 0 aliphatic carbocycles. The normalized spacial score (nSPS) is 25.1. The molecule has 1 N–H and O–H groups in total. The number of aliphatic hydroxyl groups is 1. The van der Waals surface area contributed by atoms with Crippen LogP contribution in [0.25, 0.3) is 11.3 Å². The Balaban J connectivity index is 1.71. The van der Waals surface area contributed by atoms with Gasteiger partial charge in [0, 0.05) is 37.0 Å². The van der Waals surface area contributed by atoms with Gasteiger partial charge in [0.1, 0.15) is 6.17 Å². The first-order chi connectivity index (χ1) is 12.3. The lowest BCUT2D eigenvalue weighted by Gasteiger charge is -2.43. The van der Waals surface area contributed by atoms with Crippen molar-refractivity contribution in [1.82, 2.24) is 24.6 Å². The zero-order chi connectivity index (χ0) is 18.6. The van der Waals surface area contributed by atoms with Crippen LogP contribution in [-0.4, -0.2) is 68.6 Å². The smallest absolute Gasteiger partial charge is 0.226 e. The van der Waals surface area contributed by atoms with E-state index in [1.54, 1.807) is 6.20 Å². The number of anilines is 1. The van der Waals surface area contributed by atoms with Gasteiger partial charge in [0.15, 0.2) is 0 Å². The number of nitrogens with zero attached hydrogens (tertiary/aromatic N) is 6. The zero-order valence-electron chi connectivity index (χ0n) is 15.6. The summed E-state index contributed by atoms with van der Waals surface area (Å²) in [6, 6.07) is 0.307. The quantitative estimate of drug-likeness (QED) is 0.896. The molecule has 0 spiro atoms. The minimum Gasteiger partial charge on any atom is -0.389 e. The van der Waals surface area contributed by atoms with E-state index in [-0.39, 0.29) is 6.04 Å². The molecule has 2 aliphatic rings. The van der Waals surface area contributed by atoms with Gasteiger partial charge in [-0.15, -0.1) is 0 Å². The summed E-state index contributed by atoms with van der Waals surface area (Å²) in [5.74, 6) is 0.471. The predicted molar refractivity (Wildman–Crippen MR) is 96.9 cm³/mol. The number of rotatable bonds is 4. The van der Waals surface area contributed by atoms with Crippen LogP contribution >= 0.6 is 0 Å². The lowest BCUT2D eigenvalue weighted by Crippen LogP contribution is -2.59. The predicted octanol–water partition coefficient (Wildman–Crippen LogP) is 1.73. The second-order valence-corrected chi connectivity index (χ2v) is 7.54. The molecule has 26 heavy (non-hydrogen) atoms. The monoisotopic (exact) mass is 360 g/mol. The maximum absolute atomic E-state index is 14.2. The highest BCUT2D eigenvalue weighted by atomic mass is 19.1. The van der Waals surface area contributed by atoms with Gasteiger partial charge in [-0.1, -0.05) is 0 Å². The highest BCUT2D eigenvalue weighted by molar-refractivity contribution is 5.64. The van der Waals surface area contributed by atoms with Gasteiger partial charge in [-0.25, -0.2) is 14.4 Å². The van der Waals surface area contributed by atoms with Crippen molar-refractivity contribution in [3.8, 4) is 11.3 Å². The first-order valence-corrected chi connectivity index (χ1v) is 9.05. The number of hydrogen-bond acceptors (Lipinski definition) is 6. The zero-order valence-corrected chi connectivity index (χ0v) is 15.6. The van der Waals surface area contributed by atoms with Crippen molar-refractivity contribution < 1.29 is 9.50 Å². The van der Waals surface area contributed by atoms with Crippen molar-refractivity contribution >= 4 is 5.95 Å². The third-order valence-corrected chi connectivity index (χ3v) is 5.53. The minimum atomic E-state index is -1.19. The van der Waals surface area contributed by atoms with Crippen LogP contribution in [0.2, 0.25) is 0 Å². The van der Waals surface area contributed by atoms with Crippen LogP contribution in [0, 0.1) is 6.92 Å². The van der Waals surface area contributed by atoms with Gasteiger partial charge in [0.25, 0.3) is 0 Å². The summed E-state index contributed by atoms with van der Waals surface area (Å²) in [7, 11) is 2.08. The number of likely N-dealkylation sites (tertiary alicyclic amines) is 1. The second kappa shape index (κ2) is 6.28. The first kappa shape index (κ1) is 17.4. The SMILES string of the molecule is Cc1c(-c2cnn(C3CN(C)C3)c2)nc(N2C[C@@H](O)[C@@H]2C)nc1C(C)F. The fourth-order valence-electron chi connectivity index (χ4n) is 3.67. The molecule has 0 aromatic carbocycles. The molecule has 4 heterocycles. The van der Waals surface area contributed by atoms with Gasteiger partial charge in [0.2, 0.25) is 5.95 Å². The summed E-state index contributed by atoms with van der Waals surface area (Å²) in [6.07, 6.45) is 2.19. The van der Waals surface area contributed by atoms with Crippen LogP contribution in [0.5, 0.6) is 0 Å². The fraction of sp³-hybridized carbons (Fsp3) is 0.611. The standard InChI is InChI=1S/C18H25FN6O/c1-10-16(11(2)19)21-18(24-9-15(26)12(24)3)22-17(10)13-5-20-25(6-13)14-7-23(4)8-14/h5-6,11-12,14-15,26H,7-9H2,1-4H3/t11?,12-,15+/m0/s1. The maximum Gasteiger partial charge on any atom is 0.226 e. The van der Waals surface area contributed by atoms with Crippen molar-refractivity contribution in [1.29, 1.82) is 0 Å². The molecule has 2 saturated heterocycles. The molecule has 8 heteroatoms. The third-order valence-electron chi connectivity index (χ3n) is 5.53. The van der Waals surface area contributed by atoms with E-state index in [2.05, 4.69) is 22.0 Å². The van der Waals surface area contributed by atoms with E-state index < -0.39 is 12.3 Å². The van der Waals surface area contributed by atoms with Crippen molar-refractivity contribution in [2.75, 3.05) is 31.6 Å². The Morgan fingerprint density at radius 3 is 2.58 bits per heavy atom. The van der Waals surface area contributed by atoms with Gasteiger partial charge in [0.05, 0.1) is 35.8 Å². The Kier molecular flexibility index (Phi) is 4.19. The van der Waals surface area contributed by atoms with E-state index in [9.17, 15) is 9.50 Å². The molecular formula is C18H25FN6O. The van der Waals surface area contributed by atoms with E-state index in [0.29, 0.717) is 29.9 Å². The number of halogens is 1. The van der Waals surface area contributed by atoms with E-state index >= 15 is 0 Å². The molecule has 4 rings (SSSR count). The molecule has 0 radical (unpaired) electrons.